The van der Waals surface area contributed by atoms with Gasteiger partial charge < -0.3 is 10.4 Å². The average Bonchev–Trinajstić information content (AvgIpc) is 2.35. The lowest BCUT2D eigenvalue weighted by Gasteiger charge is -2.09. The summed E-state index contributed by atoms with van der Waals surface area (Å²) in [5.41, 5.74) is 2.41. The predicted molar refractivity (Wildman–Crippen MR) is 79.1 cm³/mol. The van der Waals surface area contributed by atoms with Gasteiger partial charge in [0.1, 0.15) is 0 Å². The van der Waals surface area contributed by atoms with Gasteiger partial charge >= 0.3 is 12.0 Å². The number of rotatable bonds is 3. The third-order valence-corrected chi connectivity index (χ3v) is 2.93. The zero-order valence-corrected chi connectivity index (χ0v) is 12.4. The minimum Gasteiger partial charge on any atom is -0.478 e. The maximum atomic E-state index is 11.7. The Morgan fingerprint density at radius 1 is 0.952 bits per heavy atom. The molecule has 0 aliphatic heterocycles. The van der Waals surface area contributed by atoms with Gasteiger partial charge in [0.2, 0.25) is 0 Å². The highest BCUT2D eigenvalue weighted by Crippen LogP contribution is 2.13. The summed E-state index contributed by atoms with van der Waals surface area (Å²) in [7, 11) is 0. The fourth-order valence-corrected chi connectivity index (χ4v) is 1.74. The zero-order chi connectivity index (χ0) is 16.2. The third-order valence-electron chi connectivity index (χ3n) is 2.93. The topological polar surface area (TPSA) is 95.5 Å². The van der Waals surface area contributed by atoms with E-state index < -0.39 is 17.9 Å². The van der Waals surface area contributed by atoms with E-state index in [0.717, 1.165) is 11.1 Å². The number of hydrogen-bond donors (Lipinski definition) is 3. The van der Waals surface area contributed by atoms with Crippen molar-refractivity contribution >= 4 is 23.6 Å². The molecule has 0 aliphatic carbocycles. The van der Waals surface area contributed by atoms with Crippen LogP contribution in [0, 0.1) is 13.8 Å². The molecule has 0 radical (unpaired) electrons. The molecule has 0 bridgehead atoms. The molecule has 112 valence electrons. The van der Waals surface area contributed by atoms with E-state index >= 15 is 0 Å². The molecule has 1 aromatic rings. The molecule has 0 atom stereocenters. The first kappa shape index (κ1) is 16.4. The van der Waals surface area contributed by atoms with Crippen LogP contribution in [0.25, 0.3) is 0 Å². The fraction of sp³-hybridized carbons (Fsp3) is 0.267. The lowest BCUT2D eigenvalue weighted by Crippen LogP contribution is -2.35. The molecule has 0 aliphatic rings. The van der Waals surface area contributed by atoms with Crippen molar-refractivity contribution < 1.29 is 19.5 Å². The van der Waals surface area contributed by atoms with Crippen molar-refractivity contribution in [2.75, 3.05) is 5.32 Å². The van der Waals surface area contributed by atoms with Crippen LogP contribution >= 0.6 is 0 Å². The fourth-order valence-electron chi connectivity index (χ4n) is 1.74. The number of imide groups is 1. The smallest absolute Gasteiger partial charge is 0.331 e. The minimum atomic E-state index is -1.20. The van der Waals surface area contributed by atoms with Gasteiger partial charge in [0.25, 0.3) is 5.91 Å². The van der Waals surface area contributed by atoms with Gasteiger partial charge in [0, 0.05) is 16.8 Å². The molecule has 3 amide bonds. The van der Waals surface area contributed by atoms with Crippen molar-refractivity contribution in [1.82, 2.24) is 5.32 Å². The molecule has 0 unspecified atom stereocenters. The van der Waals surface area contributed by atoms with Crippen molar-refractivity contribution in [2.45, 2.75) is 27.7 Å². The molecule has 0 fully saturated rings. The molecule has 6 nitrogen and oxygen atoms in total. The van der Waals surface area contributed by atoms with E-state index in [1.165, 1.54) is 13.8 Å². The van der Waals surface area contributed by atoms with Crippen LogP contribution in [-0.2, 0) is 9.59 Å². The molecule has 0 spiro atoms. The molecular formula is C15H18N2O4. The number of nitrogens with one attached hydrogen (secondary N) is 2. The Hall–Kier alpha value is -2.63. The number of benzene rings is 1. The second kappa shape index (κ2) is 6.69. The number of urea groups is 1. The number of carboxylic acids is 1. The SMILES string of the molecule is CC(C(=O)O)=C(C)C(=O)NC(=O)Nc1cc(C)cc(C)c1. The van der Waals surface area contributed by atoms with E-state index in [9.17, 15) is 14.4 Å². The molecule has 0 aromatic heterocycles. The maximum Gasteiger partial charge on any atom is 0.331 e. The number of hydrogen-bond acceptors (Lipinski definition) is 3. The summed E-state index contributed by atoms with van der Waals surface area (Å²) in [6.45, 7) is 6.44. The van der Waals surface area contributed by atoms with Crippen molar-refractivity contribution in [2.24, 2.45) is 0 Å². The van der Waals surface area contributed by atoms with E-state index in [4.69, 9.17) is 5.11 Å². The lowest BCUT2D eigenvalue weighted by molar-refractivity contribution is -0.133. The van der Waals surface area contributed by atoms with Gasteiger partial charge in [-0.3, -0.25) is 10.1 Å². The van der Waals surface area contributed by atoms with E-state index in [1.54, 1.807) is 12.1 Å². The van der Waals surface area contributed by atoms with Crippen LogP contribution in [0.2, 0.25) is 0 Å². The molecule has 3 N–H and O–H groups in total. The monoisotopic (exact) mass is 290 g/mol. The Morgan fingerprint density at radius 3 is 1.95 bits per heavy atom. The molecule has 0 saturated carbocycles. The second-order valence-corrected chi connectivity index (χ2v) is 4.84. The summed E-state index contributed by atoms with van der Waals surface area (Å²) in [5.74, 6) is -1.94. The molecule has 0 heterocycles. The molecule has 1 aromatic carbocycles. The van der Waals surface area contributed by atoms with Gasteiger partial charge in [-0.05, 0) is 51.0 Å². The van der Waals surface area contributed by atoms with Gasteiger partial charge in [-0.1, -0.05) is 6.07 Å². The van der Waals surface area contributed by atoms with Gasteiger partial charge in [-0.2, -0.15) is 0 Å². The Kier molecular flexibility index (Phi) is 5.24. The standard InChI is InChI=1S/C15H18N2O4/c1-8-5-9(2)7-12(6-8)16-15(21)17-13(18)10(3)11(4)14(19)20/h5-7H,1-4H3,(H,19,20)(H2,16,17,18,21). The first-order valence-electron chi connectivity index (χ1n) is 6.32. The van der Waals surface area contributed by atoms with Crippen molar-refractivity contribution in [1.29, 1.82) is 0 Å². The van der Waals surface area contributed by atoms with Gasteiger partial charge in [-0.25, -0.2) is 9.59 Å². The highest BCUT2D eigenvalue weighted by atomic mass is 16.4. The summed E-state index contributed by atoms with van der Waals surface area (Å²) in [4.78, 5) is 34.2. The molecule has 0 saturated heterocycles. The summed E-state index contributed by atoms with van der Waals surface area (Å²) in [6.07, 6.45) is 0. The van der Waals surface area contributed by atoms with Gasteiger partial charge in [0.05, 0.1) is 0 Å². The largest absolute Gasteiger partial charge is 0.478 e. The zero-order valence-electron chi connectivity index (χ0n) is 12.4. The Balaban J connectivity index is 2.76. The summed E-state index contributed by atoms with van der Waals surface area (Å²) in [5, 5.41) is 13.4. The van der Waals surface area contributed by atoms with Crippen LogP contribution in [0.4, 0.5) is 10.5 Å². The number of amides is 3. The highest BCUT2D eigenvalue weighted by Gasteiger charge is 2.15. The van der Waals surface area contributed by atoms with Crippen molar-refractivity contribution in [3.05, 3.63) is 40.5 Å². The maximum absolute atomic E-state index is 11.7. The van der Waals surface area contributed by atoms with Crippen LogP contribution in [0.3, 0.4) is 0 Å². The number of aliphatic carboxylic acids is 1. The van der Waals surface area contributed by atoms with E-state index in [-0.39, 0.29) is 11.1 Å². The average molecular weight is 290 g/mol. The molecular weight excluding hydrogens is 272 g/mol. The van der Waals surface area contributed by atoms with Crippen LogP contribution in [0.1, 0.15) is 25.0 Å². The normalized spacial score (nSPS) is 11.4. The van der Waals surface area contributed by atoms with E-state index in [0.29, 0.717) is 5.69 Å². The first-order valence-corrected chi connectivity index (χ1v) is 6.32. The summed E-state index contributed by atoms with van der Waals surface area (Å²) < 4.78 is 0. The summed E-state index contributed by atoms with van der Waals surface area (Å²) in [6, 6.07) is 4.78. The van der Waals surface area contributed by atoms with E-state index in [1.807, 2.05) is 19.9 Å². The van der Waals surface area contributed by atoms with Crippen LogP contribution in [0.15, 0.2) is 29.3 Å². The van der Waals surface area contributed by atoms with Crippen LogP contribution in [-0.4, -0.2) is 23.0 Å². The number of carbonyl (C=O) groups excluding carboxylic acids is 2. The van der Waals surface area contributed by atoms with Crippen molar-refractivity contribution in [3.8, 4) is 0 Å². The second-order valence-electron chi connectivity index (χ2n) is 4.84. The van der Waals surface area contributed by atoms with Crippen LogP contribution in [0.5, 0.6) is 0 Å². The van der Waals surface area contributed by atoms with Crippen molar-refractivity contribution in [3.63, 3.8) is 0 Å². The number of carboxylic acid groups (broad SMARTS) is 1. The molecule has 21 heavy (non-hydrogen) atoms. The Morgan fingerprint density at radius 2 is 1.48 bits per heavy atom. The molecule has 6 heteroatoms. The Labute approximate surface area is 122 Å². The number of anilines is 1. The van der Waals surface area contributed by atoms with Gasteiger partial charge in [-0.15, -0.1) is 0 Å². The Bertz CT molecular complexity index is 612. The van der Waals surface area contributed by atoms with Gasteiger partial charge in [0.15, 0.2) is 0 Å². The minimum absolute atomic E-state index is 0.0157. The predicted octanol–water partition coefficient (Wildman–Crippen LogP) is 2.37. The lowest BCUT2D eigenvalue weighted by atomic mass is 10.1. The van der Waals surface area contributed by atoms with Crippen LogP contribution < -0.4 is 10.6 Å². The van der Waals surface area contributed by atoms with E-state index in [2.05, 4.69) is 10.6 Å². The number of carbonyl (C=O) groups is 3. The third kappa shape index (κ3) is 4.76. The first-order chi connectivity index (χ1) is 9.70. The molecule has 1 rings (SSSR count). The highest BCUT2D eigenvalue weighted by molar-refractivity contribution is 6.10. The summed E-state index contributed by atoms with van der Waals surface area (Å²) >= 11 is 0. The number of aryl methyl sites for hydroxylation is 2. The quantitative estimate of drug-likeness (QED) is 0.745.